The van der Waals surface area contributed by atoms with Crippen LogP contribution in [0.5, 0.6) is 0 Å². The highest BCUT2D eigenvalue weighted by molar-refractivity contribution is 5.69. The van der Waals surface area contributed by atoms with Crippen LogP contribution in [0.4, 0.5) is 0 Å². The smallest absolute Gasteiger partial charge is 0.177 e. The van der Waals surface area contributed by atoms with Gasteiger partial charge in [-0.05, 0) is 12.1 Å². The summed E-state index contributed by atoms with van der Waals surface area (Å²) in [7, 11) is 0. The van der Waals surface area contributed by atoms with Crippen LogP contribution in [-0.2, 0) is 0 Å². The molecular formula is C9H12N4. The first kappa shape index (κ1) is 8.19. The molecule has 0 aromatic carbocycles. The molecule has 0 radical (unpaired) electrons. The number of imidazole rings is 1. The fraction of sp³-hybridized carbons (Fsp3) is 0.333. The van der Waals surface area contributed by atoms with Crippen molar-refractivity contribution >= 4 is 11.2 Å². The number of H-pyrrole nitrogens is 1. The van der Waals surface area contributed by atoms with Gasteiger partial charge in [-0.1, -0.05) is 6.92 Å². The molecular weight excluding hydrogens is 164 g/mol. The third-order valence-electron chi connectivity index (χ3n) is 2.10. The molecule has 2 heterocycles. The van der Waals surface area contributed by atoms with E-state index in [1.807, 2.05) is 19.1 Å². The third kappa shape index (κ3) is 1.40. The van der Waals surface area contributed by atoms with Crippen molar-refractivity contribution < 1.29 is 0 Å². The van der Waals surface area contributed by atoms with E-state index in [0.29, 0.717) is 6.54 Å². The second-order valence-corrected chi connectivity index (χ2v) is 3.13. The summed E-state index contributed by atoms with van der Waals surface area (Å²) < 4.78 is 0. The number of nitrogens with one attached hydrogen (secondary N) is 1. The number of pyridine rings is 1. The Hall–Kier alpha value is -1.42. The summed E-state index contributed by atoms with van der Waals surface area (Å²) in [5, 5.41) is 0. The molecule has 13 heavy (non-hydrogen) atoms. The van der Waals surface area contributed by atoms with Crippen molar-refractivity contribution in [2.75, 3.05) is 6.54 Å². The van der Waals surface area contributed by atoms with Gasteiger partial charge in [0, 0.05) is 18.7 Å². The van der Waals surface area contributed by atoms with Crippen LogP contribution in [0.2, 0.25) is 0 Å². The van der Waals surface area contributed by atoms with E-state index in [9.17, 15) is 0 Å². The monoisotopic (exact) mass is 176 g/mol. The summed E-state index contributed by atoms with van der Waals surface area (Å²) >= 11 is 0. The molecule has 0 spiro atoms. The predicted molar refractivity (Wildman–Crippen MR) is 51.4 cm³/mol. The van der Waals surface area contributed by atoms with E-state index in [-0.39, 0.29) is 5.92 Å². The van der Waals surface area contributed by atoms with Crippen LogP contribution < -0.4 is 5.73 Å². The maximum absolute atomic E-state index is 5.55. The molecule has 1 unspecified atom stereocenters. The Morgan fingerprint density at radius 1 is 1.62 bits per heavy atom. The van der Waals surface area contributed by atoms with Crippen molar-refractivity contribution in [3.05, 3.63) is 24.2 Å². The average molecular weight is 176 g/mol. The van der Waals surface area contributed by atoms with E-state index in [4.69, 9.17) is 5.73 Å². The Morgan fingerprint density at radius 3 is 3.15 bits per heavy atom. The summed E-state index contributed by atoms with van der Waals surface area (Å²) in [6.45, 7) is 2.64. The molecule has 2 rings (SSSR count). The van der Waals surface area contributed by atoms with E-state index >= 15 is 0 Å². The molecule has 0 saturated carbocycles. The fourth-order valence-electron chi connectivity index (χ4n) is 1.21. The number of hydrogen-bond donors (Lipinski definition) is 2. The van der Waals surface area contributed by atoms with Crippen molar-refractivity contribution in [1.29, 1.82) is 0 Å². The molecule has 2 aromatic rings. The number of rotatable bonds is 2. The molecule has 0 fully saturated rings. The predicted octanol–water partition coefficient (Wildman–Crippen LogP) is 1.02. The van der Waals surface area contributed by atoms with Crippen LogP contribution in [-0.4, -0.2) is 21.5 Å². The molecule has 0 aliphatic carbocycles. The van der Waals surface area contributed by atoms with Crippen molar-refractivity contribution in [3.8, 4) is 0 Å². The zero-order chi connectivity index (χ0) is 9.26. The van der Waals surface area contributed by atoms with Gasteiger partial charge >= 0.3 is 0 Å². The molecule has 1 atom stereocenters. The molecule has 0 aliphatic rings. The quantitative estimate of drug-likeness (QED) is 0.717. The van der Waals surface area contributed by atoms with Crippen molar-refractivity contribution in [2.24, 2.45) is 5.73 Å². The van der Waals surface area contributed by atoms with Gasteiger partial charge < -0.3 is 10.7 Å². The Bertz CT molecular complexity index is 374. The number of nitrogens with zero attached hydrogens (tertiary/aromatic N) is 2. The van der Waals surface area contributed by atoms with Gasteiger partial charge in [0.1, 0.15) is 5.82 Å². The minimum Gasteiger partial charge on any atom is -0.340 e. The zero-order valence-electron chi connectivity index (χ0n) is 7.49. The number of hydrogen-bond acceptors (Lipinski definition) is 3. The number of aromatic amines is 1. The molecule has 0 saturated heterocycles. The zero-order valence-corrected chi connectivity index (χ0v) is 7.49. The lowest BCUT2D eigenvalue weighted by molar-refractivity contribution is 0.727. The van der Waals surface area contributed by atoms with E-state index in [2.05, 4.69) is 15.0 Å². The summed E-state index contributed by atoms with van der Waals surface area (Å²) in [6.07, 6.45) is 1.74. The largest absolute Gasteiger partial charge is 0.340 e. The van der Waals surface area contributed by atoms with E-state index in [0.717, 1.165) is 17.0 Å². The van der Waals surface area contributed by atoms with Gasteiger partial charge in [-0.25, -0.2) is 9.97 Å². The first-order chi connectivity index (χ1) is 6.31. The minimum atomic E-state index is 0.259. The summed E-state index contributed by atoms with van der Waals surface area (Å²) in [4.78, 5) is 11.7. The van der Waals surface area contributed by atoms with Crippen molar-refractivity contribution in [2.45, 2.75) is 12.8 Å². The van der Waals surface area contributed by atoms with Gasteiger partial charge in [0.15, 0.2) is 5.65 Å². The SMILES string of the molecule is CC(CN)c1nc2ncccc2[nH]1. The average Bonchev–Trinajstić information content (AvgIpc) is 2.59. The van der Waals surface area contributed by atoms with Gasteiger partial charge in [0.2, 0.25) is 0 Å². The van der Waals surface area contributed by atoms with Gasteiger partial charge in [0.25, 0.3) is 0 Å². The van der Waals surface area contributed by atoms with E-state index < -0.39 is 0 Å². The lowest BCUT2D eigenvalue weighted by Crippen LogP contribution is -2.10. The van der Waals surface area contributed by atoms with Gasteiger partial charge in [-0.2, -0.15) is 0 Å². The van der Waals surface area contributed by atoms with Crippen LogP contribution in [0.1, 0.15) is 18.7 Å². The van der Waals surface area contributed by atoms with Crippen LogP contribution in [0.25, 0.3) is 11.2 Å². The second-order valence-electron chi connectivity index (χ2n) is 3.13. The highest BCUT2D eigenvalue weighted by atomic mass is 15.0. The molecule has 2 aromatic heterocycles. The summed E-state index contributed by atoms with van der Waals surface area (Å²) in [6, 6.07) is 3.85. The highest BCUT2D eigenvalue weighted by Gasteiger charge is 2.08. The summed E-state index contributed by atoms with van der Waals surface area (Å²) in [5.41, 5.74) is 7.28. The standard InChI is InChI=1S/C9H12N4/c1-6(5-10)8-12-7-3-2-4-11-9(7)13-8/h2-4,6H,5,10H2,1H3,(H,11,12,13). The van der Waals surface area contributed by atoms with Crippen LogP contribution in [0.3, 0.4) is 0 Å². The lowest BCUT2D eigenvalue weighted by atomic mass is 10.2. The first-order valence-corrected chi connectivity index (χ1v) is 4.32. The van der Waals surface area contributed by atoms with Crippen molar-refractivity contribution in [3.63, 3.8) is 0 Å². The third-order valence-corrected chi connectivity index (χ3v) is 2.10. The first-order valence-electron chi connectivity index (χ1n) is 4.32. The van der Waals surface area contributed by atoms with Crippen LogP contribution >= 0.6 is 0 Å². The number of fused-ring (bicyclic) bond motifs is 1. The molecule has 4 nitrogen and oxygen atoms in total. The van der Waals surface area contributed by atoms with Crippen molar-refractivity contribution in [1.82, 2.24) is 15.0 Å². The van der Waals surface area contributed by atoms with Crippen LogP contribution in [0.15, 0.2) is 18.3 Å². The van der Waals surface area contributed by atoms with E-state index in [1.54, 1.807) is 6.20 Å². The number of nitrogens with two attached hydrogens (primary N) is 1. The molecule has 0 amide bonds. The van der Waals surface area contributed by atoms with E-state index in [1.165, 1.54) is 0 Å². The second kappa shape index (κ2) is 3.14. The maximum Gasteiger partial charge on any atom is 0.177 e. The molecule has 0 bridgehead atoms. The highest BCUT2D eigenvalue weighted by Crippen LogP contribution is 2.13. The Morgan fingerprint density at radius 2 is 2.46 bits per heavy atom. The van der Waals surface area contributed by atoms with Gasteiger partial charge in [0.05, 0.1) is 5.52 Å². The summed E-state index contributed by atoms with van der Waals surface area (Å²) in [5.74, 6) is 1.17. The molecule has 3 N–H and O–H groups in total. The van der Waals surface area contributed by atoms with Gasteiger partial charge in [-0.3, -0.25) is 0 Å². The molecule has 68 valence electrons. The number of aromatic nitrogens is 3. The van der Waals surface area contributed by atoms with Crippen LogP contribution in [0, 0.1) is 0 Å². The Kier molecular flexibility index (Phi) is 1.98. The topological polar surface area (TPSA) is 67.6 Å². The lowest BCUT2D eigenvalue weighted by Gasteiger charge is -2.01. The Labute approximate surface area is 76.2 Å². The fourth-order valence-corrected chi connectivity index (χ4v) is 1.21. The minimum absolute atomic E-state index is 0.259. The Balaban J connectivity index is 2.49. The maximum atomic E-state index is 5.55. The normalized spacial score (nSPS) is 13.4. The molecule has 0 aliphatic heterocycles. The molecule has 4 heteroatoms. The van der Waals surface area contributed by atoms with Gasteiger partial charge in [-0.15, -0.1) is 0 Å².